The molecule has 0 bridgehead atoms. The number of aryl methyl sites for hydroxylation is 1. The molecule has 3 aromatic heterocycles. The van der Waals surface area contributed by atoms with Gasteiger partial charge in [0.05, 0.1) is 17.9 Å². The number of nitrogens with zero attached hydrogens (tertiary/aromatic N) is 5. The molecule has 3 aromatic rings. The second-order valence-electron chi connectivity index (χ2n) is 5.99. The van der Waals surface area contributed by atoms with Crippen LogP contribution in [-0.4, -0.2) is 36.2 Å². The Morgan fingerprint density at radius 3 is 3.09 bits per heavy atom. The van der Waals surface area contributed by atoms with E-state index in [1.807, 2.05) is 29.0 Å². The lowest BCUT2D eigenvalue weighted by atomic mass is 9.98. The highest BCUT2D eigenvalue weighted by atomic mass is 15.3. The highest BCUT2D eigenvalue weighted by Crippen LogP contribution is 2.31. The molecule has 1 fully saturated rings. The van der Waals surface area contributed by atoms with E-state index in [1.54, 1.807) is 0 Å². The molecule has 6 nitrogen and oxygen atoms in total. The van der Waals surface area contributed by atoms with Gasteiger partial charge in [-0.05, 0) is 38.4 Å². The van der Waals surface area contributed by atoms with E-state index < -0.39 is 0 Å². The number of fused-ring (bicyclic) bond motifs is 1. The number of H-pyrrole nitrogens is 1. The minimum atomic E-state index is 0.371. The highest BCUT2D eigenvalue weighted by Gasteiger charge is 2.26. The van der Waals surface area contributed by atoms with Crippen LogP contribution in [0.2, 0.25) is 0 Å². The number of aromatic amines is 1. The van der Waals surface area contributed by atoms with Crippen LogP contribution >= 0.6 is 0 Å². The molecule has 114 valence electrons. The van der Waals surface area contributed by atoms with Crippen molar-refractivity contribution in [3.05, 3.63) is 47.7 Å². The molecule has 4 rings (SSSR count). The molecule has 0 aromatic carbocycles. The average molecular weight is 296 g/mol. The van der Waals surface area contributed by atoms with Gasteiger partial charge in [0.2, 0.25) is 0 Å². The van der Waals surface area contributed by atoms with Crippen LogP contribution in [0.4, 0.5) is 0 Å². The minimum Gasteiger partial charge on any atom is -0.289 e. The Balaban J connectivity index is 1.67. The summed E-state index contributed by atoms with van der Waals surface area (Å²) >= 11 is 0. The summed E-state index contributed by atoms with van der Waals surface area (Å²) in [4.78, 5) is 7.34. The molecule has 6 heteroatoms. The van der Waals surface area contributed by atoms with Crippen molar-refractivity contribution in [3.8, 4) is 0 Å². The molecule has 0 spiro atoms. The van der Waals surface area contributed by atoms with Crippen LogP contribution in [0.5, 0.6) is 0 Å². The molecular formula is C16H20N6. The zero-order valence-corrected chi connectivity index (χ0v) is 12.7. The normalized spacial score (nSPS) is 19.8. The van der Waals surface area contributed by atoms with Crippen molar-refractivity contribution in [2.45, 2.75) is 38.8 Å². The minimum absolute atomic E-state index is 0.371. The number of aromatic nitrogens is 5. The number of hydrogen-bond donors (Lipinski definition) is 1. The monoisotopic (exact) mass is 296 g/mol. The summed E-state index contributed by atoms with van der Waals surface area (Å²) in [6.07, 6.45) is 7.29. The smallest absolute Gasteiger partial charge is 0.155 e. The van der Waals surface area contributed by atoms with Crippen LogP contribution in [0, 0.1) is 6.92 Å². The first-order valence-electron chi connectivity index (χ1n) is 7.85. The van der Waals surface area contributed by atoms with Crippen molar-refractivity contribution in [1.82, 2.24) is 29.7 Å². The fourth-order valence-electron chi connectivity index (χ4n) is 3.37. The van der Waals surface area contributed by atoms with Gasteiger partial charge in [-0.15, -0.1) is 0 Å². The van der Waals surface area contributed by atoms with Gasteiger partial charge in [-0.2, -0.15) is 10.2 Å². The van der Waals surface area contributed by atoms with Crippen LogP contribution in [0.15, 0.2) is 30.6 Å². The molecule has 1 aliphatic rings. The molecule has 1 unspecified atom stereocenters. The highest BCUT2D eigenvalue weighted by molar-refractivity contribution is 5.39. The van der Waals surface area contributed by atoms with E-state index in [2.05, 4.69) is 33.2 Å². The van der Waals surface area contributed by atoms with Gasteiger partial charge in [0.1, 0.15) is 0 Å². The fourth-order valence-corrected chi connectivity index (χ4v) is 3.37. The Hall–Kier alpha value is -2.21. The number of piperidine rings is 1. The summed E-state index contributed by atoms with van der Waals surface area (Å²) in [5, 5.41) is 11.4. The van der Waals surface area contributed by atoms with Crippen LogP contribution < -0.4 is 0 Å². The zero-order valence-electron chi connectivity index (χ0n) is 12.7. The quantitative estimate of drug-likeness (QED) is 0.806. The van der Waals surface area contributed by atoms with Crippen LogP contribution in [0.1, 0.15) is 42.4 Å². The maximum atomic E-state index is 4.83. The predicted molar refractivity (Wildman–Crippen MR) is 83.3 cm³/mol. The van der Waals surface area contributed by atoms with E-state index in [9.17, 15) is 0 Å². The second kappa shape index (κ2) is 5.53. The lowest BCUT2D eigenvalue weighted by Crippen LogP contribution is -2.33. The average Bonchev–Trinajstić information content (AvgIpc) is 3.19. The maximum absolute atomic E-state index is 4.83. The summed E-state index contributed by atoms with van der Waals surface area (Å²) in [6, 6.07) is 6.56. The molecule has 22 heavy (non-hydrogen) atoms. The molecular weight excluding hydrogens is 276 g/mol. The number of rotatable bonds is 3. The SMILES string of the molecule is Cc1cc(C2CCCCN2Cc2ccn[nH]2)nc2ccnn12. The van der Waals surface area contributed by atoms with Crippen molar-refractivity contribution in [2.75, 3.05) is 6.54 Å². The van der Waals surface area contributed by atoms with Crippen molar-refractivity contribution < 1.29 is 0 Å². The van der Waals surface area contributed by atoms with Gasteiger partial charge < -0.3 is 0 Å². The molecule has 1 saturated heterocycles. The molecule has 1 aliphatic heterocycles. The predicted octanol–water partition coefficient (Wildman–Crippen LogP) is 2.49. The molecule has 1 atom stereocenters. The van der Waals surface area contributed by atoms with Gasteiger partial charge in [0, 0.05) is 30.2 Å². The van der Waals surface area contributed by atoms with Gasteiger partial charge in [-0.25, -0.2) is 9.50 Å². The zero-order chi connectivity index (χ0) is 14.9. The molecule has 0 saturated carbocycles. The third kappa shape index (κ3) is 2.39. The number of nitrogens with one attached hydrogen (secondary N) is 1. The standard InChI is InChI=1S/C16H20N6/c1-12-10-14(19-16-6-8-18-22(12)16)15-4-2-3-9-21(15)11-13-5-7-17-20-13/h5-8,10,15H,2-4,9,11H2,1H3,(H,17,20). The summed E-state index contributed by atoms with van der Waals surface area (Å²) in [7, 11) is 0. The van der Waals surface area contributed by atoms with Gasteiger partial charge in [0.25, 0.3) is 0 Å². The molecule has 0 amide bonds. The lowest BCUT2D eigenvalue weighted by molar-refractivity contribution is 0.135. The molecule has 0 radical (unpaired) electrons. The fraction of sp³-hybridized carbons (Fsp3) is 0.438. The summed E-state index contributed by atoms with van der Waals surface area (Å²) in [5.74, 6) is 0. The third-order valence-corrected chi connectivity index (χ3v) is 4.44. The largest absolute Gasteiger partial charge is 0.289 e. The topological polar surface area (TPSA) is 62.1 Å². The van der Waals surface area contributed by atoms with Gasteiger partial charge >= 0.3 is 0 Å². The first kappa shape index (κ1) is 13.5. The Morgan fingerprint density at radius 1 is 1.27 bits per heavy atom. The second-order valence-corrected chi connectivity index (χ2v) is 5.99. The number of likely N-dealkylation sites (tertiary alicyclic amines) is 1. The van der Waals surface area contributed by atoms with Gasteiger partial charge in [-0.1, -0.05) is 6.42 Å². The van der Waals surface area contributed by atoms with E-state index >= 15 is 0 Å². The van der Waals surface area contributed by atoms with Crippen molar-refractivity contribution >= 4 is 5.65 Å². The summed E-state index contributed by atoms with van der Waals surface area (Å²) in [5.41, 5.74) is 4.39. The van der Waals surface area contributed by atoms with Crippen LogP contribution in [0.25, 0.3) is 5.65 Å². The van der Waals surface area contributed by atoms with Crippen molar-refractivity contribution in [3.63, 3.8) is 0 Å². The van der Waals surface area contributed by atoms with Crippen molar-refractivity contribution in [2.24, 2.45) is 0 Å². The first-order chi connectivity index (χ1) is 10.8. The molecule has 1 N–H and O–H groups in total. The maximum Gasteiger partial charge on any atom is 0.155 e. The Morgan fingerprint density at radius 2 is 2.23 bits per heavy atom. The van der Waals surface area contributed by atoms with E-state index in [0.29, 0.717) is 6.04 Å². The van der Waals surface area contributed by atoms with E-state index in [4.69, 9.17) is 4.98 Å². The summed E-state index contributed by atoms with van der Waals surface area (Å²) in [6.45, 7) is 4.10. The van der Waals surface area contributed by atoms with Crippen LogP contribution in [-0.2, 0) is 6.54 Å². The number of hydrogen-bond acceptors (Lipinski definition) is 4. The van der Waals surface area contributed by atoms with Gasteiger partial charge in [0.15, 0.2) is 5.65 Å². The van der Waals surface area contributed by atoms with E-state index in [1.165, 1.54) is 12.8 Å². The van der Waals surface area contributed by atoms with Gasteiger partial charge in [-0.3, -0.25) is 10.00 Å². The Kier molecular flexibility index (Phi) is 3.38. The molecule has 4 heterocycles. The summed E-state index contributed by atoms with van der Waals surface area (Å²) < 4.78 is 1.89. The first-order valence-corrected chi connectivity index (χ1v) is 7.85. The third-order valence-electron chi connectivity index (χ3n) is 4.44. The van der Waals surface area contributed by atoms with E-state index in [-0.39, 0.29) is 0 Å². The molecule has 0 aliphatic carbocycles. The lowest BCUT2D eigenvalue weighted by Gasteiger charge is -2.35. The van der Waals surface area contributed by atoms with Crippen molar-refractivity contribution in [1.29, 1.82) is 0 Å². The Labute approximate surface area is 129 Å². The van der Waals surface area contributed by atoms with E-state index in [0.717, 1.165) is 42.2 Å². The van der Waals surface area contributed by atoms with Crippen LogP contribution in [0.3, 0.4) is 0 Å². The Bertz CT molecular complexity index is 760.